The summed E-state index contributed by atoms with van der Waals surface area (Å²) in [6, 6.07) is 2.89. The summed E-state index contributed by atoms with van der Waals surface area (Å²) < 4.78 is 77.1. The Hall–Kier alpha value is -1.48. The topological polar surface area (TPSA) is 40.5 Å². The summed E-state index contributed by atoms with van der Waals surface area (Å²) in [4.78, 5) is 13.1. The molecule has 1 aromatic carbocycles. The fourth-order valence-corrected chi connectivity index (χ4v) is 2.50. The van der Waals surface area contributed by atoms with Crippen LogP contribution < -0.4 is 4.90 Å². The maximum Gasteiger partial charge on any atom is 0.430 e. The minimum atomic E-state index is -5.95. The monoisotopic (exact) mass is 389 g/mol. The summed E-state index contributed by atoms with van der Waals surface area (Å²) in [6.07, 6.45) is -10.1. The molecule has 0 aromatic heterocycles. The zero-order chi connectivity index (χ0) is 19.0. The number of anilines is 1. The van der Waals surface area contributed by atoms with Crippen LogP contribution in [0.3, 0.4) is 0 Å². The van der Waals surface area contributed by atoms with Crippen molar-refractivity contribution in [2.75, 3.05) is 17.3 Å². The van der Waals surface area contributed by atoms with E-state index in [-0.39, 0.29) is 24.0 Å². The lowest BCUT2D eigenvalue weighted by molar-refractivity contribution is -0.376. The first-order valence-corrected chi connectivity index (χ1v) is 7.78. The van der Waals surface area contributed by atoms with E-state index in [0.717, 1.165) is 25.0 Å². The summed E-state index contributed by atoms with van der Waals surface area (Å²) >= 11 is 5.50. The van der Waals surface area contributed by atoms with Crippen molar-refractivity contribution >= 4 is 23.2 Å². The normalized spacial score (nSPS) is 16.0. The van der Waals surface area contributed by atoms with Crippen molar-refractivity contribution in [2.24, 2.45) is 5.92 Å². The number of nitrogens with zero attached hydrogens (tertiary/aromatic N) is 1. The number of hydrogen-bond acceptors (Lipinski definition) is 2. The zero-order valence-electron chi connectivity index (χ0n) is 12.7. The van der Waals surface area contributed by atoms with Crippen molar-refractivity contribution < 1.29 is 36.2 Å². The van der Waals surface area contributed by atoms with Gasteiger partial charge >= 0.3 is 12.4 Å². The van der Waals surface area contributed by atoms with Gasteiger partial charge in [0.1, 0.15) is 5.88 Å². The molecule has 1 saturated carbocycles. The fourth-order valence-electron chi connectivity index (χ4n) is 2.35. The average molecular weight is 390 g/mol. The van der Waals surface area contributed by atoms with Crippen LogP contribution in [0, 0.1) is 5.92 Å². The number of rotatable bonds is 5. The van der Waals surface area contributed by atoms with Crippen molar-refractivity contribution in [3.05, 3.63) is 29.8 Å². The van der Waals surface area contributed by atoms with Crippen molar-refractivity contribution in [1.29, 1.82) is 0 Å². The van der Waals surface area contributed by atoms with Crippen LogP contribution in [-0.2, 0) is 10.4 Å². The lowest BCUT2D eigenvalue weighted by atomic mass is 9.92. The number of carbonyl (C=O) groups is 1. The molecule has 0 unspecified atom stereocenters. The second-order valence-electron chi connectivity index (χ2n) is 5.83. The molecule has 1 aliphatic carbocycles. The molecule has 140 valence electrons. The van der Waals surface area contributed by atoms with Crippen LogP contribution >= 0.6 is 11.6 Å². The molecular formula is C15H14ClF6NO2. The number of halogens is 7. The van der Waals surface area contributed by atoms with Crippen LogP contribution in [0.5, 0.6) is 0 Å². The Morgan fingerprint density at radius 3 is 1.92 bits per heavy atom. The van der Waals surface area contributed by atoms with Crippen molar-refractivity contribution in [2.45, 2.75) is 30.8 Å². The number of benzene rings is 1. The lowest BCUT2D eigenvalue weighted by Gasteiger charge is -2.33. The molecule has 0 saturated heterocycles. The molecule has 0 heterocycles. The van der Waals surface area contributed by atoms with Gasteiger partial charge < -0.3 is 10.0 Å². The third-order valence-electron chi connectivity index (χ3n) is 3.97. The van der Waals surface area contributed by atoms with Gasteiger partial charge in [-0.2, -0.15) is 26.3 Å². The summed E-state index contributed by atoms with van der Waals surface area (Å²) in [5.41, 5.74) is -6.25. The third-order valence-corrected chi connectivity index (χ3v) is 4.20. The van der Waals surface area contributed by atoms with E-state index in [9.17, 15) is 36.2 Å². The van der Waals surface area contributed by atoms with E-state index in [1.165, 1.54) is 4.90 Å². The summed E-state index contributed by atoms with van der Waals surface area (Å²) in [5, 5.41) is 9.34. The van der Waals surface area contributed by atoms with Gasteiger partial charge in [-0.05, 0) is 30.9 Å². The molecule has 1 fully saturated rings. The summed E-state index contributed by atoms with van der Waals surface area (Å²) in [5.74, 6) is -0.652. The van der Waals surface area contributed by atoms with Gasteiger partial charge in [0.15, 0.2) is 0 Å². The Morgan fingerprint density at radius 1 is 1.08 bits per heavy atom. The van der Waals surface area contributed by atoms with Gasteiger partial charge in [0, 0.05) is 17.8 Å². The summed E-state index contributed by atoms with van der Waals surface area (Å²) in [6.45, 7) is 0.285. The molecule has 0 spiro atoms. The molecule has 25 heavy (non-hydrogen) atoms. The van der Waals surface area contributed by atoms with Crippen LogP contribution in [0.2, 0.25) is 0 Å². The third kappa shape index (κ3) is 3.87. The predicted molar refractivity (Wildman–Crippen MR) is 78.2 cm³/mol. The maximum absolute atomic E-state index is 12.9. The van der Waals surface area contributed by atoms with Crippen LogP contribution in [0.4, 0.5) is 32.0 Å². The second-order valence-corrected chi connectivity index (χ2v) is 6.10. The number of carbonyl (C=O) groups excluding carboxylic acids is 1. The van der Waals surface area contributed by atoms with Crippen LogP contribution in [0.15, 0.2) is 24.3 Å². The first kappa shape index (κ1) is 19.8. The van der Waals surface area contributed by atoms with Gasteiger partial charge in [0.25, 0.3) is 5.60 Å². The lowest BCUT2D eigenvalue weighted by Crippen LogP contribution is -2.53. The van der Waals surface area contributed by atoms with Gasteiger partial charge in [-0.15, -0.1) is 11.6 Å². The van der Waals surface area contributed by atoms with Gasteiger partial charge in [-0.3, -0.25) is 4.79 Å². The molecule has 1 aromatic rings. The highest BCUT2D eigenvalue weighted by Gasteiger charge is 2.71. The second kappa shape index (κ2) is 6.68. The van der Waals surface area contributed by atoms with E-state index >= 15 is 0 Å². The van der Waals surface area contributed by atoms with E-state index in [2.05, 4.69) is 0 Å². The molecule has 3 nitrogen and oxygen atoms in total. The van der Waals surface area contributed by atoms with E-state index in [4.69, 9.17) is 11.6 Å². The SMILES string of the molecule is O=C(CCl)N(CC1CC1)c1ccc(C(O)(C(F)(F)F)C(F)(F)F)cc1. The molecule has 0 bridgehead atoms. The van der Waals surface area contributed by atoms with Crippen LogP contribution in [-0.4, -0.2) is 35.8 Å². The Labute approximate surface area is 144 Å². The minimum absolute atomic E-state index is 0.119. The highest BCUT2D eigenvalue weighted by atomic mass is 35.5. The highest BCUT2D eigenvalue weighted by molar-refractivity contribution is 6.29. The molecule has 2 rings (SSSR count). The summed E-state index contributed by atoms with van der Waals surface area (Å²) in [7, 11) is 0. The van der Waals surface area contributed by atoms with E-state index in [0.29, 0.717) is 12.1 Å². The smallest absolute Gasteiger partial charge is 0.369 e. The van der Waals surface area contributed by atoms with Gasteiger partial charge in [0.05, 0.1) is 0 Å². The molecule has 10 heteroatoms. The molecular weight excluding hydrogens is 376 g/mol. The van der Waals surface area contributed by atoms with Crippen molar-refractivity contribution in [3.63, 3.8) is 0 Å². The van der Waals surface area contributed by atoms with E-state index in [1.807, 2.05) is 0 Å². The first-order chi connectivity index (χ1) is 11.4. The average Bonchev–Trinajstić information content (AvgIpc) is 3.33. The first-order valence-electron chi connectivity index (χ1n) is 7.24. The van der Waals surface area contributed by atoms with Gasteiger partial charge in [-0.1, -0.05) is 12.1 Å². The highest BCUT2D eigenvalue weighted by Crippen LogP contribution is 2.50. The molecule has 1 aliphatic rings. The minimum Gasteiger partial charge on any atom is -0.369 e. The quantitative estimate of drug-likeness (QED) is 0.611. The van der Waals surface area contributed by atoms with E-state index in [1.54, 1.807) is 0 Å². The Bertz CT molecular complexity index is 610. The molecule has 1 N–H and O–H groups in total. The Balaban J connectivity index is 2.38. The number of hydrogen-bond donors (Lipinski definition) is 1. The van der Waals surface area contributed by atoms with Crippen molar-refractivity contribution in [1.82, 2.24) is 0 Å². The van der Waals surface area contributed by atoms with E-state index < -0.39 is 29.4 Å². The maximum atomic E-state index is 12.9. The zero-order valence-corrected chi connectivity index (χ0v) is 13.4. The van der Waals surface area contributed by atoms with Crippen molar-refractivity contribution in [3.8, 4) is 0 Å². The van der Waals surface area contributed by atoms with Crippen LogP contribution in [0.25, 0.3) is 0 Å². The number of aliphatic hydroxyl groups is 1. The molecule has 0 aliphatic heterocycles. The molecule has 0 atom stereocenters. The Morgan fingerprint density at radius 2 is 1.56 bits per heavy atom. The Kier molecular flexibility index (Phi) is 5.30. The largest absolute Gasteiger partial charge is 0.430 e. The molecule has 1 amide bonds. The molecule has 0 radical (unpaired) electrons. The fraction of sp³-hybridized carbons (Fsp3) is 0.533. The number of alkyl halides is 7. The standard InChI is InChI=1S/C15H14ClF6NO2/c16-7-12(24)23(8-9-1-2-9)11-5-3-10(4-6-11)13(25,14(17,18)19)15(20,21)22/h3-6,9,25H,1-2,7-8H2. The predicted octanol–water partition coefficient (Wildman–Crippen LogP) is 3.98. The number of amides is 1. The van der Waals surface area contributed by atoms with Gasteiger partial charge in [0.2, 0.25) is 5.91 Å². The van der Waals surface area contributed by atoms with Gasteiger partial charge in [-0.25, -0.2) is 0 Å². The van der Waals surface area contributed by atoms with Crippen LogP contribution in [0.1, 0.15) is 18.4 Å².